The van der Waals surface area contributed by atoms with Crippen LogP contribution in [0.25, 0.3) is 11.3 Å². The number of carboxylic acids is 1. The molecule has 10 heteroatoms. The van der Waals surface area contributed by atoms with Crippen LogP contribution < -0.4 is 10.4 Å². The number of aromatic nitrogens is 1. The number of carboxylic acid groups (broad SMARTS) is 1. The van der Waals surface area contributed by atoms with Gasteiger partial charge >= 0.3 is 6.18 Å². The molecular formula is C17H11F3N3O3S-. The fourth-order valence-corrected chi connectivity index (χ4v) is 2.90. The summed E-state index contributed by atoms with van der Waals surface area (Å²) >= 11 is 0.612. The summed E-state index contributed by atoms with van der Waals surface area (Å²) in [6.45, 7) is -0.726. The second-order valence-corrected chi connectivity index (χ2v) is 6.11. The molecule has 0 atom stereocenters. The minimum atomic E-state index is -4.79. The van der Waals surface area contributed by atoms with Crippen LogP contribution in [0.4, 0.5) is 13.2 Å². The van der Waals surface area contributed by atoms with Crippen molar-refractivity contribution in [2.75, 3.05) is 12.3 Å². The Hall–Kier alpha value is -3.06. The Balaban J connectivity index is 2.41. The molecule has 0 fully saturated rings. The number of carbonyl (C=O) groups excluding carboxylic acids is 2. The molecule has 1 amide bonds. The monoisotopic (exact) mass is 394 g/mol. The molecule has 0 saturated carbocycles. The predicted octanol–water partition coefficient (Wildman–Crippen LogP) is 1.60. The van der Waals surface area contributed by atoms with Gasteiger partial charge in [-0.15, -0.1) is 0 Å². The van der Waals surface area contributed by atoms with E-state index in [1.807, 2.05) is 5.32 Å². The van der Waals surface area contributed by atoms with Crippen LogP contribution in [0.5, 0.6) is 0 Å². The van der Waals surface area contributed by atoms with Gasteiger partial charge < -0.3 is 15.2 Å². The quantitative estimate of drug-likeness (QED) is 0.746. The van der Waals surface area contributed by atoms with Crippen molar-refractivity contribution in [3.63, 3.8) is 0 Å². The van der Waals surface area contributed by atoms with Gasteiger partial charge in [-0.05, 0) is 6.07 Å². The van der Waals surface area contributed by atoms with E-state index in [0.29, 0.717) is 17.3 Å². The van der Waals surface area contributed by atoms with Crippen molar-refractivity contribution >= 4 is 23.6 Å². The molecular weight excluding hydrogens is 383 g/mol. The van der Waals surface area contributed by atoms with Gasteiger partial charge in [-0.2, -0.15) is 18.4 Å². The van der Waals surface area contributed by atoms with Crippen LogP contribution in [0.1, 0.15) is 11.1 Å². The first-order valence-electron chi connectivity index (χ1n) is 7.39. The number of alkyl halides is 3. The molecule has 0 aliphatic rings. The number of hydrogen-bond donors (Lipinski definition) is 1. The summed E-state index contributed by atoms with van der Waals surface area (Å²) in [6.07, 6.45) is -4.79. The largest absolute Gasteiger partial charge is 0.548 e. The first kappa shape index (κ1) is 20.3. The number of nitrogens with one attached hydrogen (secondary N) is 1. The fraction of sp³-hybridized carbons (Fsp3) is 0.176. The maximum atomic E-state index is 13.4. The molecule has 0 bridgehead atoms. The van der Waals surface area contributed by atoms with Crippen LogP contribution in [0, 0.1) is 11.3 Å². The molecule has 27 heavy (non-hydrogen) atoms. The number of benzene rings is 1. The van der Waals surface area contributed by atoms with E-state index in [-0.39, 0.29) is 10.7 Å². The highest BCUT2D eigenvalue weighted by Gasteiger charge is 2.36. The number of pyridine rings is 1. The summed E-state index contributed by atoms with van der Waals surface area (Å²) in [6, 6.07) is 10.3. The van der Waals surface area contributed by atoms with Crippen molar-refractivity contribution in [3.05, 3.63) is 47.5 Å². The van der Waals surface area contributed by atoms with Crippen LogP contribution >= 0.6 is 11.8 Å². The van der Waals surface area contributed by atoms with E-state index < -0.39 is 41.5 Å². The molecule has 2 aromatic rings. The highest BCUT2D eigenvalue weighted by Crippen LogP contribution is 2.37. The van der Waals surface area contributed by atoms with Gasteiger partial charge in [0, 0.05) is 5.56 Å². The number of carbonyl (C=O) groups is 2. The first-order chi connectivity index (χ1) is 12.7. The standard InChI is InChI=1S/C17H12F3N3O3S/c18-17(19,20)12-6-13(10-4-2-1-3-5-10)23-16(11(12)7-21)27-9-14(24)22-8-15(25)26/h1-6H,8-9H2,(H,22,24)(H,25,26)/p-1. The maximum Gasteiger partial charge on any atom is 0.417 e. The average Bonchev–Trinajstić information content (AvgIpc) is 2.63. The number of nitrogens with zero attached hydrogens (tertiary/aromatic N) is 2. The Morgan fingerprint density at radius 2 is 1.93 bits per heavy atom. The number of amides is 1. The molecule has 0 radical (unpaired) electrons. The Kier molecular flexibility index (Phi) is 6.41. The van der Waals surface area contributed by atoms with Gasteiger partial charge in [-0.3, -0.25) is 4.79 Å². The molecule has 1 heterocycles. The van der Waals surface area contributed by atoms with Gasteiger partial charge in [0.05, 0.1) is 35.1 Å². The summed E-state index contributed by atoms with van der Waals surface area (Å²) < 4.78 is 40.1. The normalized spacial score (nSPS) is 10.9. The first-order valence-corrected chi connectivity index (χ1v) is 8.38. The highest BCUT2D eigenvalue weighted by molar-refractivity contribution is 8.00. The zero-order valence-electron chi connectivity index (χ0n) is 13.5. The summed E-state index contributed by atoms with van der Waals surface area (Å²) in [4.78, 5) is 26.0. The third kappa shape index (κ3) is 5.46. The molecule has 0 spiro atoms. The van der Waals surface area contributed by atoms with Gasteiger partial charge in [0.1, 0.15) is 11.1 Å². The average molecular weight is 394 g/mol. The molecule has 1 aromatic heterocycles. The van der Waals surface area contributed by atoms with Crippen LogP contribution in [0.15, 0.2) is 41.4 Å². The Morgan fingerprint density at radius 3 is 2.48 bits per heavy atom. The lowest BCUT2D eigenvalue weighted by Crippen LogP contribution is -2.38. The van der Waals surface area contributed by atoms with Crippen LogP contribution in [0.2, 0.25) is 0 Å². The molecule has 1 aromatic carbocycles. The number of hydrogen-bond acceptors (Lipinski definition) is 6. The maximum absolute atomic E-state index is 13.4. The zero-order valence-corrected chi connectivity index (χ0v) is 14.4. The number of nitriles is 1. The minimum absolute atomic E-state index is 0.000399. The van der Waals surface area contributed by atoms with Crippen molar-refractivity contribution in [3.8, 4) is 17.3 Å². The van der Waals surface area contributed by atoms with Gasteiger partial charge in [0.15, 0.2) is 0 Å². The highest BCUT2D eigenvalue weighted by atomic mass is 32.2. The predicted molar refractivity (Wildman–Crippen MR) is 88.1 cm³/mol. The summed E-state index contributed by atoms with van der Waals surface area (Å²) in [7, 11) is 0. The number of halogens is 3. The molecule has 0 aliphatic carbocycles. The molecule has 1 N–H and O–H groups in total. The molecule has 0 unspecified atom stereocenters. The lowest BCUT2D eigenvalue weighted by atomic mass is 10.1. The second kappa shape index (κ2) is 8.55. The Labute approximate surface area is 156 Å². The van der Waals surface area contributed by atoms with Crippen molar-refractivity contribution in [1.29, 1.82) is 5.26 Å². The van der Waals surface area contributed by atoms with Crippen molar-refractivity contribution in [2.24, 2.45) is 0 Å². The van der Waals surface area contributed by atoms with E-state index in [9.17, 15) is 33.1 Å². The SMILES string of the molecule is N#Cc1c(C(F)(F)F)cc(-c2ccccc2)nc1SCC(=O)NCC(=O)[O-]. The van der Waals surface area contributed by atoms with Gasteiger partial charge in [-0.25, -0.2) is 4.98 Å². The van der Waals surface area contributed by atoms with Gasteiger partial charge in [-0.1, -0.05) is 42.1 Å². The summed E-state index contributed by atoms with van der Waals surface area (Å²) in [5.41, 5.74) is -1.44. The van der Waals surface area contributed by atoms with Crippen LogP contribution in [0.3, 0.4) is 0 Å². The lowest BCUT2D eigenvalue weighted by molar-refractivity contribution is -0.304. The number of thioether (sulfide) groups is 1. The van der Waals surface area contributed by atoms with Crippen molar-refractivity contribution in [1.82, 2.24) is 10.3 Å². The van der Waals surface area contributed by atoms with E-state index >= 15 is 0 Å². The molecule has 2 rings (SSSR count). The second-order valence-electron chi connectivity index (χ2n) is 5.15. The van der Waals surface area contributed by atoms with Crippen LogP contribution in [-0.2, 0) is 15.8 Å². The smallest absolute Gasteiger partial charge is 0.417 e. The number of aliphatic carboxylic acids is 1. The molecule has 6 nitrogen and oxygen atoms in total. The third-order valence-electron chi connectivity index (χ3n) is 3.24. The van der Waals surface area contributed by atoms with Crippen LogP contribution in [-0.4, -0.2) is 29.2 Å². The third-order valence-corrected chi connectivity index (χ3v) is 4.22. The Bertz CT molecular complexity index is 896. The van der Waals surface area contributed by atoms with E-state index in [1.54, 1.807) is 30.3 Å². The Morgan fingerprint density at radius 1 is 1.26 bits per heavy atom. The molecule has 0 saturated heterocycles. The minimum Gasteiger partial charge on any atom is -0.548 e. The lowest BCUT2D eigenvalue weighted by Gasteiger charge is -2.14. The van der Waals surface area contributed by atoms with E-state index in [4.69, 9.17) is 0 Å². The van der Waals surface area contributed by atoms with Gasteiger partial charge in [0.25, 0.3) is 0 Å². The number of rotatable bonds is 6. The molecule has 0 aliphatic heterocycles. The molecule has 140 valence electrons. The summed E-state index contributed by atoms with van der Waals surface area (Å²) in [5, 5.41) is 21.3. The summed E-state index contributed by atoms with van der Waals surface area (Å²) in [5.74, 6) is -2.66. The van der Waals surface area contributed by atoms with Gasteiger partial charge in [0.2, 0.25) is 5.91 Å². The fourth-order valence-electron chi connectivity index (χ4n) is 2.07. The van der Waals surface area contributed by atoms with E-state index in [0.717, 1.165) is 6.07 Å². The zero-order chi connectivity index (χ0) is 20.0. The van der Waals surface area contributed by atoms with E-state index in [2.05, 4.69) is 4.98 Å². The topological polar surface area (TPSA) is 106 Å². The van der Waals surface area contributed by atoms with E-state index in [1.165, 1.54) is 6.07 Å². The van der Waals surface area contributed by atoms with Crippen molar-refractivity contribution < 1.29 is 27.9 Å². The van der Waals surface area contributed by atoms with Crippen molar-refractivity contribution in [2.45, 2.75) is 11.2 Å².